The Labute approximate surface area is 154 Å². The average molecular weight is 363 g/mol. The molecule has 8 heteroatoms. The van der Waals surface area contributed by atoms with E-state index >= 15 is 0 Å². The number of ether oxygens (including phenoxy) is 1. The van der Waals surface area contributed by atoms with Crippen molar-refractivity contribution in [3.8, 4) is 0 Å². The molecule has 2 amide bonds. The molecule has 0 spiro atoms. The largest absolute Gasteiger partial charge is 0.444 e. The molecule has 0 atom stereocenters. The number of nitrogens with zero attached hydrogens (tertiary/aromatic N) is 4. The number of anilines is 2. The minimum atomic E-state index is -0.491. The van der Waals surface area contributed by atoms with Gasteiger partial charge in [0.1, 0.15) is 5.60 Å². The highest BCUT2D eigenvalue weighted by molar-refractivity contribution is 5.89. The molecule has 2 rings (SSSR count). The van der Waals surface area contributed by atoms with Gasteiger partial charge in [-0.3, -0.25) is 4.79 Å². The van der Waals surface area contributed by atoms with Crippen molar-refractivity contribution >= 4 is 23.6 Å². The summed E-state index contributed by atoms with van der Waals surface area (Å²) in [6.07, 6.45) is 0.169. The van der Waals surface area contributed by atoms with Crippen molar-refractivity contribution in [1.82, 2.24) is 15.1 Å². The zero-order valence-corrected chi connectivity index (χ0v) is 16.3. The van der Waals surface area contributed by atoms with E-state index in [0.29, 0.717) is 44.3 Å². The summed E-state index contributed by atoms with van der Waals surface area (Å²) in [4.78, 5) is 27.6. The second kappa shape index (κ2) is 8.33. The average Bonchev–Trinajstić information content (AvgIpc) is 2.53. The third-order valence-electron chi connectivity index (χ3n) is 3.77. The first-order valence-electron chi connectivity index (χ1n) is 9.00. The van der Waals surface area contributed by atoms with Gasteiger partial charge in [0.2, 0.25) is 5.91 Å². The Morgan fingerprint density at radius 2 is 1.81 bits per heavy atom. The minimum absolute atomic E-state index is 0.0620. The Balaban J connectivity index is 1.86. The maximum atomic E-state index is 12.1. The van der Waals surface area contributed by atoms with Crippen LogP contribution in [0.3, 0.4) is 0 Å². The van der Waals surface area contributed by atoms with Crippen molar-refractivity contribution in [1.29, 1.82) is 0 Å². The summed E-state index contributed by atoms with van der Waals surface area (Å²) >= 11 is 0. The number of amides is 2. The molecule has 1 aliphatic heterocycles. The standard InChI is InChI=1S/C18H29N5O3/c1-13(2)12-16(24)19-14-6-7-15(21-20-14)22-8-10-23(11-9-22)17(25)26-18(3,4)5/h6-7,13H,8-12H2,1-5H3,(H,19,20,24). The molecule has 1 saturated heterocycles. The molecule has 1 N–H and O–H groups in total. The second-order valence-electron chi connectivity index (χ2n) is 7.88. The lowest BCUT2D eigenvalue weighted by atomic mass is 10.1. The van der Waals surface area contributed by atoms with Crippen LogP contribution in [-0.2, 0) is 9.53 Å². The first-order valence-corrected chi connectivity index (χ1v) is 9.00. The Kier molecular flexibility index (Phi) is 6.39. The maximum Gasteiger partial charge on any atom is 0.410 e. The van der Waals surface area contributed by atoms with Crippen molar-refractivity contribution in [3.05, 3.63) is 12.1 Å². The lowest BCUT2D eigenvalue weighted by Gasteiger charge is -2.35. The summed E-state index contributed by atoms with van der Waals surface area (Å²) in [7, 11) is 0. The lowest BCUT2D eigenvalue weighted by Crippen LogP contribution is -2.50. The second-order valence-corrected chi connectivity index (χ2v) is 7.88. The van der Waals surface area contributed by atoms with Gasteiger partial charge in [0.15, 0.2) is 11.6 Å². The van der Waals surface area contributed by atoms with Crippen LogP contribution in [0.4, 0.5) is 16.4 Å². The van der Waals surface area contributed by atoms with Crippen molar-refractivity contribution in [2.45, 2.75) is 46.6 Å². The van der Waals surface area contributed by atoms with Gasteiger partial charge in [0, 0.05) is 32.6 Å². The van der Waals surface area contributed by atoms with Gasteiger partial charge >= 0.3 is 6.09 Å². The molecule has 0 aliphatic carbocycles. The topological polar surface area (TPSA) is 87.7 Å². The van der Waals surface area contributed by atoms with Crippen molar-refractivity contribution in [2.75, 3.05) is 36.4 Å². The fourth-order valence-corrected chi connectivity index (χ4v) is 2.57. The van der Waals surface area contributed by atoms with E-state index in [2.05, 4.69) is 20.4 Å². The van der Waals surface area contributed by atoms with Crippen LogP contribution >= 0.6 is 0 Å². The molecule has 0 aromatic carbocycles. The molecule has 0 saturated carbocycles. The highest BCUT2D eigenvalue weighted by Gasteiger charge is 2.26. The molecule has 1 aromatic rings. The number of hydrogen-bond acceptors (Lipinski definition) is 6. The van der Waals surface area contributed by atoms with E-state index in [4.69, 9.17) is 4.74 Å². The van der Waals surface area contributed by atoms with E-state index in [1.165, 1.54) is 0 Å². The molecule has 0 unspecified atom stereocenters. The molecule has 0 radical (unpaired) electrons. The summed E-state index contributed by atoms with van der Waals surface area (Å²) in [5, 5.41) is 11.0. The Bertz CT molecular complexity index is 617. The zero-order chi connectivity index (χ0) is 19.3. The summed E-state index contributed by atoms with van der Waals surface area (Å²) in [6, 6.07) is 3.59. The van der Waals surface area contributed by atoms with Gasteiger partial charge in [0.05, 0.1) is 0 Å². The molecular weight excluding hydrogens is 334 g/mol. The highest BCUT2D eigenvalue weighted by Crippen LogP contribution is 2.16. The van der Waals surface area contributed by atoms with Crippen molar-refractivity contribution in [3.63, 3.8) is 0 Å². The Hall–Kier alpha value is -2.38. The minimum Gasteiger partial charge on any atom is -0.444 e. The molecule has 2 heterocycles. The van der Waals surface area contributed by atoms with Crippen LogP contribution in [0.2, 0.25) is 0 Å². The van der Waals surface area contributed by atoms with E-state index < -0.39 is 5.60 Å². The quantitative estimate of drug-likeness (QED) is 0.884. The fraction of sp³-hybridized carbons (Fsp3) is 0.667. The number of aromatic nitrogens is 2. The molecule has 1 fully saturated rings. The third kappa shape index (κ3) is 6.16. The molecule has 1 aliphatic rings. The molecule has 8 nitrogen and oxygen atoms in total. The highest BCUT2D eigenvalue weighted by atomic mass is 16.6. The van der Waals surface area contributed by atoms with Gasteiger partial charge < -0.3 is 19.9 Å². The van der Waals surface area contributed by atoms with Gasteiger partial charge in [-0.15, -0.1) is 10.2 Å². The van der Waals surface area contributed by atoms with Crippen LogP contribution in [0, 0.1) is 5.92 Å². The van der Waals surface area contributed by atoms with E-state index in [1.807, 2.05) is 40.7 Å². The fourth-order valence-electron chi connectivity index (χ4n) is 2.57. The molecule has 144 valence electrons. The van der Waals surface area contributed by atoms with Gasteiger partial charge in [-0.05, 0) is 38.8 Å². The van der Waals surface area contributed by atoms with E-state index in [1.54, 1.807) is 11.0 Å². The van der Waals surface area contributed by atoms with Crippen LogP contribution in [0.15, 0.2) is 12.1 Å². The predicted octanol–water partition coefficient (Wildman–Crippen LogP) is 2.52. The lowest BCUT2D eigenvalue weighted by molar-refractivity contribution is -0.116. The van der Waals surface area contributed by atoms with Crippen LogP contribution in [0.1, 0.15) is 41.0 Å². The number of hydrogen-bond donors (Lipinski definition) is 1. The Morgan fingerprint density at radius 1 is 1.15 bits per heavy atom. The number of nitrogens with one attached hydrogen (secondary N) is 1. The van der Waals surface area contributed by atoms with Gasteiger partial charge in [-0.1, -0.05) is 13.8 Å². The van der Waals surface area contributed by atoms with Crippen LogP contribution in [-0.4, -0.2) is 58.9 Å². The van der Waals surface area contributed by atoms with Crippen LogP contribution in [0.5, 0.6) is 0 Å². The molecular formula is C18H29N5O3. The molecule has 0 bridgehead atoms. The van der Waals surface area contributed by atoms with Crippen LogP contribution in [0.25, 0.3) is 0 Å². The number of carbonyl (C=O) groups is 2. The zero-order valence-electron chi connectivity index (χ0n) is 16.3. The number of rotatable bonds is 4. The SMILES string of the molecule is CC(C)CC(=O)Nc1ccc(N2CCN(C(=O)OC(C)(C)C)CC2)nn1. The number of carbonyl (C=O) groups excluding carboxylic acids is 2. The smallest absolute Gasteiger partial charge is 0.410 e. The summed E-state index contributed by atoms with van der Waals surface area (Å²) < 4.78 is 5.40. The predicted molar refractivity (Wildman–Crippen MR) is 100 cm³/mol. The van der Waals surface area contributed by atoms with E-state index in [9.17, 15) is 9.59 Å². The van der Waals surface area contributed by atoms with Gasteiger partial charge in [-0.2, -0.15) is 0 Å². The molecule has 26 heavy (non-hydrogen) atoms. The summed E-state index contributed by atoms with van der Waals surface area (Å²) in [5.74, 6) is 1.42. The number of piperazine rings is 1. The van der Waals surface area contributed by atoms with Crippen molar-refractivity contribution in [2.24, 2.45) is 5.92 Å². The van der Waals surface area contributed by atoms with E-state index in [0.717, 1.165) is 5.82 Å². The molecule has 1 aromatic heterocycles. The van der Waals surface area contributed by atoms with Gasteiger partial charge in [-0.25, -0.2) is 4.79 Å². The normalized spacial score (nSPS) is 15.2. The monoisotopic (exact) mass is 363 g/mol. The first-order chi connectivity index (χ1) is 12.1. The first kappa shape index (κ1) is 19.9. The Morgan fingerprint density at radius 3 is 2.31 bits per heavy atom. The van der Waals surface area contributed by atoms with Gasteiger partial charge in [0.25, 0.3) is 0 Å². The summed E-state index contributed by atoms with van der Waals surface area (Å²) in [5.41, 5.74) is -0.491. The maximum absolute atomic E-state index is 12.1. The van der Waals surface area contributed by atoms with Crippen LogP contribution < -0.4 is 10.2 Å². The van der Waals surface area contributed by atoms with Crippen molar-refractivity contribution < 1.29 is 14.3 Å². The van der Waals surface area contributed by atoms with E-state index in [-0.39, 0.29) is 12.0 Å². The third-order valence-corrected chi connectivity index (χ3v) is 3.77. The summed E-state index contributed by atoms with van der Waals surface area (Å²) in [6.45, 7) is 12.0.